The number of nitrogens with one attached hydrogen (secondary N) is 1. The number of nitrogens with zero attached hydrogens (tertiary/aromatic N) is 3. The van der Waals surface area contributed by atoms with E-state index in [1.807, 2.05) is 0 Å². The third-order valence-corrected chi connectivity index (χ3v) is 3.15. The Morgan fingerprint density at radius 2 is 1.89 bits per heavy atom. The number of hydrogen-bond donors (Lipinski definition) is 1. The fourth-order valence-electron chi connectivity index (χ4n) is 0.854. The van der Waals surface area contributed by atoms with Crippen LogP contribution in [-0.2, 0) is 16.6 Å². The average molecular weight is 294 g/mol. The van der Waals surface area contributed by atoms with Crippen LogP contribution in [0.25, 0.3) is 0 Å². The van der Waals surface area contributed by atoms with Crippen molar-refractivity contribution in [3.05, 3.63) is 6.20 Å². The highest BCUT2D eigenvalue weighted by Gasteiger charge is 2.67. The molecule has 0 saturated carbocycles. The minimum atomic E-state index is -6.22. The molecule has 12 heteroatoms. The van der Waals surface area contributed by atoms with Gasteiger partial charge >= 0.3 is 21.5 Å². The molecular weight excluding hydrogens is 287 g/mol. The first-order valence-corrected chi connectivity index (χ1v) is 5.86. The molecule has 1 rings (SSSR count). The van der Waals surface area contributed by atoms with Gasteiger partial charge in [-0.2, -0.15) is 30.4 Å². The van der Waals surface area contributed by atoms with Crippen LogP contribution in [-0.4, -0.2) is 34.8 Å². The first kappa shape index (κ1) is 14.6. The van der Waals surface area contributed by atoms with Crippen molar-refractivity contribution in [2.24, 2.45) is 0 Å². The molecule has 0 aromatic carbocycles. The lowest BCUT2D eigenvalue weighted by Gasteiger charge is -2.19. The number of alkyl halides is 5. The number of halogens is 5. The van der Waals surface area contributed by atoms with Crippen LogP contribution in [0.4, 0.5) is 27.8 Å². The van der Waals surface area contributed by atoms with E-state index in [4.69, 9.17) is 0 Å². The van der Waals surface area contributed by atoms with Gasteiger partial charge in [-0.15, -0.1) is 5.10 Å². The van der Waals surface area contributed by atoms with E-state index in [-0.39, 0.29) is 6.54 Å². The molecular formula is C6H7F5N4O2S. The predicted octanol–water partition coefficient (Wildman–Crippen LogP) is 1.19. The third-order valence-electron chi connectivity index (χ3n) is 1.77. The van der Waals surface area contributed by atoms with Crippen LogP contribution < -0.4 is 4.72 Å². The van der Waals surface area contributed by atoms with E-state index >= 15 is 0 Å². The van der Waals surface area contributed by atoms with Gasteiger partial charge in [0.1, 0.15) is 0 Å². The van der Waals surface area contributed by atoms with E-state index in [9.17, 15) is 30.4 Å². The molecule has 0 aliphatic rings. The van der Waals surface area contributed by atoms with E-state index in [2.05, 4.69) is 10.3 Å². The van der Waals surface area contributed by atoms with E-state index in [1.54, 1.807) is 6.92 Å². The summed E-state index contributed by atoms with van der Waals surface area (Å²) < 4.78 is 84.9. The quantitative estimate of drug-likeness (QED) is 0.846. The van der Waals surface area contributed by atoms with E-state index < -0.39 is 27.3 Å². The first-order chi connectivity index (χ1) is 8.01. The molecule has 6 nitrogen and oxygen atoms in total. The molecule has 0 spiro atoms. The maximum atomic E-state index is 12.7. The highest BCUT2D eigenvalue weighted by molar-refractivity contribution is 7.93. The summed E-state index contributed by atoms with van der Waals surface area (Å²) in [6, 6.07) is 0. The molecule has 0 aliphatic heterocycles. The van der Waals surface area contributed by atoms with Gasteiger partial charge in [-0.25, -0.2) is 0 Å². The minimum absolute atomic E-state index is 0.240. The van der Waals surface area contributed by atoms with E-state index in [0.29, 0.717) is 0 Å². The molecule has 1 aromatic rings. The molecule has 1 heterocycles. The van der Waals surface area contributed by atoms with Crippen LogP contribution in [0.3, 0.4) is 0 Å². The van der Waals surface area contributed by atoms with Gasteiger partial charge in [-0.05, 0) is 6.92 Å². The van der Waals surface area contributed by atoms with Crippen molar-refractivity contribution in [3.8, 4) is 0 Å². The molecule has 1 N–H and O–H groups in total. The summed E-state index contributed by atoms with van der Waals surface area (Å²) in [4.78, 5) is 0. The normalized spacial score (nSPS) is 13.7. The Labute approximate surface area is 97.8 Å². The lowest BCUT2D eigenvalue weighted by molar-refractivity contribution is -0.241. The van der Waals surface area contributed by atoms with Crippen LogP contribution in [0.5, 0.6) is 0 Å². The number of rotatable bonds is 4. The van der Waals surface area contributed by atoms with Gasteiger partial charge in [0.05, 0.1) is 6.20 Å². The van der Waals surface area contributed by atoms with Gasteiger partial charge < -0.3 is 0 Å². The zero-order valence-corrected chi connectivity index (χ0v) is 9.56. The lowest BCUT2D eigenvalue weighted by Crippen LogP contribution is -2.46. The fraction of sp³-hybridized carbons (Fsp3) is 0.667. The molecule has 0 unspecified atom stereocenters. The van der Waals surface area contributed by atoms with Crippen molar-refractivity contribution in [1.82, 2.24) is 15.0 Å². The lowest BCUT2D eigenvalue weighted by atomic mass is 10.7. The fourth-order valence-corrected chi connectivity index (χ4v) is 1.66. The highest BCUT2D eigenvalue weighted by atomic mass is 32.2. The van der Waals surface area contributed by atoms with Crippen LogP contribution in [0.15, 0.2) is 6.20 Å². The molecule has 0 atom stereocenters. The van der Waals surface area contributed by atoms with Gasteiger partial charge in [0.15, 0.2) is 5.82 Å². The molecule has 0 fully saturated rings. The predicted molar refractivity (Wildman–Crippen MR) is 49.2 cm³/mol. The average Bonchev–Trinajstić information content (AvgIpc) is 2.62. The molecule has 1 aromatic heterocycles. The Morgan fingerprint density at radius 1 is 1.33 bits per heavy atom. The van der Waals surface area contributed by atoms with Crippen molar-refractivity contribution < 1.29 is 30.4 Å². The van der Waals surface area contributed by atoms with Gasteiger partial charge in [0.2, 0.25) is 0 Å². The number of sulfonamides is 1. The smallest absolute Gasteiger partial charge is 0.259 e. The van der Waals surface area contributed by atoms with E-state index in [1.165, 1.54) is 0 Å². The molecule has 0 aliphatic carbocycles. The van der Waals surface area contributed by atoms with Crippen molar-refractivity contribution in [2.45, 2.75) is 24.9 Å². The van der Waals surface area contributed by atoms with Crippen LogP contribution >= 0.6 is 0 Å². The number of anilines is 1. The Hall–Kier alpha value is -1.46. The molecule has 0 amide bonds. The number of aryl methyl sites for hydroxylation is 1. The number of hydrogen-bond acceptors (Lipinski definition) is 4. The second-order valence-electron chi connectivity index (χ2n) is 3.08. The minimum Gasteiger partial charge on any atom is -0.259 e. The zero-order valence-electron chi connectivity index (χ0n) is 8.74. The maximum absolute atomic E-state index is 12.7. The van der Waals surface area contributed by atoms with Crippen molar-refractivity contribution >= 4 is 15.8 Å². The second kappa shape index (κ2) is 4.33. The standard InChI is InChI=1S/C6H7F5N4O2S/c1-2-15-3-4(12-14-15)13-18(16,17)6(10,11)5(7,8)9/h3,13H,2H2,1H3. The summed E-state index contributed by atoms with van der Waals surface area (Å²) >= 11 is 0. The molecule has 104 valence electrons. The number of aromatic nitrogens is 3. The van der Waals surface area contributed by atoms with Gasteiger partial charge in [0, 0.05) is 6.54 Å². The van der Waals surface area contributed by atoms with Gasteiger partial charge in [-0.1, -0.05) is 5.21 Å². The van der Waals surface area contributed by atoms with Gasteiger partial charge in [0.25, 0.3) is 0 Å². The Balaban J connectivity index is 3.02. The third kappa shape index (κ3) is 2.52. The molecule has 0 bridgehead atoms. The Bertz CT molecular complexity index is 522. The van der Waals surface area contributed by atoms with Crippen LogP contribution in [0, 0.1) is 0 Å². The zero-order chi connectivity index (χ0) is 14.2. The van der Waals surface area contributed by atoms with Crippen molar-refractivity contribution in [1.29, 1.82) is 0 Å². The summed E-state index contributed by atoms with van der Waals surface area (Å²) in [6.45, 7) is 1.82. The van der Waals surface area contributed by atoms with E-state index in [0.717, 1.165) is 15.6 Å². The molecule has 0 radical (unpaired) electrons. The summed E-state index contributed by atoms with van der Waals surface area (Å²) in [5.74, 6) is -0.722. The SMILES string of the molecule is CCn1cc(NS(=O)(=O)C(F)(F)C(F)(F)F)nn1. The monoisotopic (exact) mass is 294 g/mol. The van der Waals surface area contributed by atoms with Crippen LogP contribution in [0.1, 0.15) is 6.92 Å². The van der Waals surface area contributed by atoms with Crippen LogP contribution in [0.2, 0.25) is 0 Å². The topological polar surface area (TPSA) is 76.9 Å². The molecule has 0 saturated heterocycles. The Kier molecular flexibility index (Phi) is 3.51. The summed E-state index contributed by atoms with van der Waals surface area (Å²) in [6.07, 6.45) is -5.34. The second-order valence-corrected chi connectivity index (χ2v) is 4.80. The van der Waals surface area contributed by atoms with Gasteiger partial charge in [-0.3, -0.25) is 9.40 Å². The summed E-state index contributed by atoms with van der Waals surface area (Å²) in [5, 5.41) is 0.446. The summed E-state index contributed by atoms with van der Waals surface area (Å²) in [7, 11) is -5.99. The first-order valence-electron chi connectivity index (χ1n) is 4.38. The molecule has 18 heavy (non-hydrogen) atoms. The van der Waals surface area contributed by atoms with Crippen molar-refractivity contribution in [2.75, 3.05) is 4.72 Å². The Morgan fingerprint density at radius 3 is 2.28 bits per heavy atom. The maximum Gasteiger partial charge on any atom is 0.471 e. The highest BCUT2D eigenvalue weighted by Crippen LogP contribution is 2.40. The summed E-state index contributed by atoms with van der Waals surface area (Å²) in [5.41, 5.74) is 0. The van der Waals surface area contributed by atoms with Crippen molar-refractivity contribution in [3.63, 3.8) is 0 Å². The largest absolute Gasteiger partial charge is 0.471 e.